The van der Waals surface area contributed by atoms with Crippen molar-refractivity contribution in [3.8, 4) is 0 Å². The fourth-order valence-corrected chi connectivity index (χ4v) is 10.7. The van der Waals surface area contributed by atoms with Crippen LogP contribution in [-0.2, 0) is 29.1 Å². The Morgan fingerprint density at radius 3 is 0.683 bits per heavy atom. The van der Waals surface area contributed by atoms with Gasteiger partial charge in [0.05, 0.1) is 41.9 Å². The second kappa shape index (κ2) is 42.2. The summed E-state index contributed by atoms with van der Waals surface area (Å²) in [4.78, 5) is 133. The van der Waals surface area contributed by atoms with Crippen molar-refractivity contribution in [2.45, 2.75) is 112 Å². The van der Waals surface area contributed by atoms with Crippen molar-refractivity contribution in [2.24, 2.45) is 0 Å². The minimum Gasteiger partial charge on any atom is -0.748 e. The summed E-state index contributed by atoms with van der Waals surface area (Å²) in [5.41, 5.74) is 6.71. The van der Waals surface area contributed by atoms with Crippen molar-refractivity contribution < 1.29 is 94.9 Å². The molecule has 9 amide bonds. The topological polar surface area (TPSA) is 434 Å². The molecular formula is C88H101N11O20S. The molecule has 0 unspecified atom stereocenters. The number of anilines is 10. The number of nitrogens with one attached hydrogen (secondary N) is 9. The Balaban J connectivity index is 0.000000259. The number of benzene rings is 9. The molecule has 0 saturated carbocycles. The molecule has 0 fully saturated rings. The first-order valence-corrected chi connectivity index (χ1v) is 38.9. The van der Waals surface area contributed by atoms with Gasteiger partial charge in [-0.2, -0.15) is 0 Å². The van der Waals surface area contributed by atoms with E-state index < -0.39 is 74.6 Å². The Kier molecular flexibility index (Phi) is 33.4. The minimum atomic E-state index is -4.25. The summed E-state index contributed by atoms with van der Waals surface area (Å²) in [5, 5.41) is 41.8. The highest BCUT2D eigenvalue weighted by atomic mass is 32.2. The van der Waals surface area contributed by atoms with Gasteiger partial charge in [-0.3, -0.25) is 49.7 Å². The van der Waals surface area contributed by atoms with E-state index in [9.17, 15) is 65.7 Å². The Hall–Kier alpha value is -14.0. The molecule has 0 atom stereocenters. The van der Waals surface area contributed by atoms with Crippen LogP contribution in [0.1, 0.15) is 162 Å². The molecular weight excluding hydrogens is 1560 g/mol. The van der Waals surface area contributed by atoms with Gasteiger partial charge in [-0.25, -0.2) is 37.2 Å². The van der Waals surface area contributed by atoms with Crippen LogP contribution < -0.4 is 57.2 Å². The molecule has 0 radical (unpaired) electrons. The monoisotopic (exact) mass is 1660 g/mol. The number of carboxylic acid groups (broad SMARTS) is 2. The maximum atomic E-state index is 12.7. The van der Waals surface area contributed by atoms with Crippen molar-refractivity contribution in [3.63, 3.8) is 0 Å². The number of carbonyl (C=O) groups is 11. The molecule has 0 aliphatic rings. The second-order valence-electron chi connectivity index (χ2n) is 31.4. The SMILES string of the molecule is CC(C)(C)OC(=O)Nc1ccc(C(=O)Nc2ccc(C(=O)Nc3ccc([N+](C)(C)CCCS(=O)(=O)[O-])cc3)cc2)cc1.CC(C)(C)OC(=O)Nc1ccc(C(=O)Nc2ccc(C(=O)O)cc2)cc1.CC(C)(C)OC(=O)Nc1ccc(C(=O)O)cc1.CN(C)c1ccc(NC(=O)c2ccc(NC(=O)c3ccc(NC(=O)OC(C)(C)C)cc3)cc2)cc1. The lowest BCUT2D eigenvalue weighted by atomic mass is 10.1. The van der Waals surface area contributed by atoms with Crippen molar-refractivity contribution >= 4 is 139 Å². The molecule has 9 aromatic carbocycles. The van der Waals surface area contributed by atoms with E-state index in [0.29, 0.717) is 90.0 Å². The van der Waals surface area contributed by atoms with E-state index in [1.54, 1.807) is 217 Å². The Labute approximate surface area is 696 Å². The number of aromatic carboxylic acids is 2. The van der Waals surface area contributed by atoms with Crippen LogP contribution in [-0.4, -0.2) is 152 Å². The van der Waals surface area contributed by atoms with Gasteiger partial charge >= 0.3 is 36.3 Å². The van der Waals surface area contributed by atoms with E-state index in [4.69, 9.17) is 29.2 Å². The third kappa shape index (κ3) is 34.8. The first-order valence-electron chi connectivity index (χ1n) is 37.3. The van der Waals surface area contributed by atoms with Gasteiger partial charge < -0.3 is 65.2 Å². The Morgan fingerprint density at radius 1 is 0.317 bits per heavy atom. The molecule has 32 heteroatoms. The average molecular weight is 1660 g/mol. The lowest BCUT2D eigenvalue weighted by molar-refractivity contribution is 0.0624. The van der Waals surface area contributed by atoms with E-state index in [2.05, 4.69) is 47.9 Å². The van der Waals surface area contributed by atoms with Gasteiger partial charge in [0.25, 0.3) is 29.5 Å². The quantitative estimate of drug-likeness (QED) is 0.0170. The molecule has 9 aromatic rings. The van der Waals surface area contributed by atoms with Gasteiger partial charge in [0.2, 0.25) is 0 Å². The lowest BCUT2D eigenvalue weighted by Crippen LogP contribution is -2.41. The third-order valence-electron chi connectivity index (χ3n) is 15.9. The predicted octanol–water partition coefficient (Wildman–Crippen LogP) is 17.4. The molecule has 0 aliphatic carbocycles. The fraction of sp³-hybridized carbons (Fsp3) is 0.261. The fourth-order valence-electron chi connectivity index (χ4n) is 10.2. The van der Waals surface area contributed by atoms with Crippen LogP contribution in [0.4, 0.5) is 81.7 Å². The van der Waals surface area contributed by atoms with Crippen LogP contribution in [0.5, 0.6) is 0 Å². The zero-order valence-corrected chi connectivity index (χ0v) is 70.3. The number of carbonyl (C=O) groups excluding carboxylic acids is 9. The maximum absolute atomic E-state index is 12.7. The lowest BCUT2D eigenvalue weighted by Gasteiger charge is -2.29. The summed E-state index contributed by atoms with van der Waals surface area (Å²) in [5.74, 6) is -4.04. The molecule has 0 aromatic heterocycles. The van der Waals surface area contributed by atoms with E-state index in [1.807, 2.05) is 69.5 Å². The van der Waals surface area contributed by atoms with Gasteiger partial charge in [0.1, 0.15) is 28.1 Å². The molecule has 0 saturated heterocycles. The van der Waals surface area contributed by atoms with Crippen molar-refractivity contribution in [1.82, 2.24) is 4.48 Å². The summed E-state index contributed by atoms with van der Waals surface area (Å²) >= 11 is 0. The Bertz CT molecular complexity index is 5160. The number of hydrogen-bond acceptors (Lipinski definition) is 19. The van der Waals surface area contributed by atoms with Crippen LogP contribution in [0.3, 0.4) is 0 Å². The van der Waals surface area contributed by atoms with Gasteiger partial charge in [0, 0.05) is 123 Å². The minimum absolute atomic E-state index is 0.139. The van der Waals surface area contributed by atoms with Crippen LogP contribution >= 0.6 is 0 Å². The predicted molar refractivity (Wildman–Crippen MR) is 463 cm³/mol. The highest BCUT2D eigenvalue weighted by Gasteiger charge is 2.24. The highest BCUT2D eigenvalue weighted by molar-refractivity contribution is 7.85. The van der Waals surface area contributed by atoms with Crippen molar-refractivity contribution in [1.29, 1.82) is 0 Å². The second-order valence-corrected chi connectivity index (χ2v) is 33.0. The summed E-state index contributed by atoms with van der Waals surface area (Å²) in [7, 11) is 3.47. The van der Waals surface area contributed by atoms with Crippen LogP contribution in [0.25, 0.3) is 0 Å². The average Bonchev–Trinajstić information content (AvgIpc) is 1.68. The molecule has 634 valence electrons. The van der Waals surface area contributed by atoms with E-state index in [0.717, 1.165) is 11.4 Å². The van der Waals surface area contributed by atoms with Crippen molar-refractivity contribution in [3.05, 3.63) is 257 Å². The first-order chi connectivity index (χ1) is 55.9. The Morgan fingerprint density at radius 2 is 0.500 bits per heavy atom. The van der Waals surface area contributed by atoms with E-state index >= 15 is 0 Å². The highest BCUT2D eigenvalue weighted by Crippen LogP contribution is 2.26. The normalized spacial score (nSPS) is 11.1. The standard InChI is InChI=1S/C30H36N4O7S.C27H30N4O4.C19H20N2O5.C12H15NO4/c1-30(2,3)41-29(37)33-25-13-9-22(10-14-25)27(35)31-23-11-7-21(8-12-23)28(36)32-24-15-17-26(18-16-24)34(4,5)19-6-20-42(38,39)40;1-27(2,3)35-26(34)30-22-12-8-19(9-13-22)24(32)28-20-10-6-18(7-11-20)25(33)29-21-14-16-23(17-15-21)31(4)5;1-19(2,3)26-18(25)21-15-8-4-12(5-9-15)16(22)20-14-10-6-13(7-11-14)17(23)24;1-12(2,3)17-11(16)13-9-6-4-8(5-7-9)10(14)15/h7-18H,6,19-20H2,1-5H3,(H3-,31,32,33,35,36,37,38,39,40);6-17H,1-5H3,(H,28,32)(H,29,33)(H,30,34);4-11H,1-3H3,(H,20,22)(H,21,25)(H,23,24);4-7H,1-3H3,(H,13,16)(H,14,15). The summed E-state index contributed by atoms with van der Waals surface area (Å²) in [6.45, 7) is 21.7. The number of nitrogens with zero attached hydrogens (tertiary/aromatic N) is 2. The van der Waals surface area contributed by atoms with Gasteiger partial charge in [-0.05, 0) is 289 Å². The van der Waals surface area contributed by atoms with Gasteiger partial charge in [-0.1, -0.05) is 0 Å². The van der Waals surface area contributed by atoms with Gasteiger partial charge in [0.15, 0.2) is 0 Å². The molecule has 9 rings (SSSR count). The molecule has 0 spiro atoms. The largest absolute Gasteiger partial charge is 0.748 e. The number of hydrogen-bond donors (Lipinski definition) is 11. The maximum Gasteiger partial charge on any atom is 0.412 e. The van der Waals surface area contributed by atoms with Crippen LogP contribution in [0.15, 0.2) is 218 Å². The van der Waals surface area contributed by atoms with Crippen LogP contribution in [0.2, 0.25) is 0 Å². The zero-order valence-electron chi connectivity index (χ0n) is 69.5. The van der Waals surface area contributed by atoms with E-state index in [1.165, 1.54) is 48.5 Å². The molecule has 120 heavy (non-hydrogen) atoms. The molecule has 11 N–H and O–H groups in total. The molecule has 0 heterocycles. The van der Waals surface area contributed by atoms with E-state index in [-0.39, 0.29) is 47.1 Å². The molecule has 0 aliphatic heterocycles. The summed E-state index contributed by atoms with van der Waals surface area (Å²) < 4.78 is 53.6. The zero-order chi connectivity index (χ0) is 89.1. The number of ether oxygens (including phenoxy) is 4. The number of rotatable bonds is 22. The van der Waals surface area contributed by atoms with Gasteiger partial charge in [-0.15, -0.1) is 0 Å². The van der Waals surface area contributed by atoms with Crippen LogP contribution in [0, 0.1) is 0 Å². The number of amides is 9. The summed E-state index contributed by atoms with van der Waals surface area (Å²) in [6, 6.07) is 58.5. The first kappa shape index (κ1) is 94.9. The molecule has 0 bridgehead atoms. The number of quaternary nitrogens is 1. The molecule has 31 nitrogen and oxygen atoms in total. The smallest absolute Gasteiger partial charge is 0.412 e. The third-order valence-corrected chi connectivity index (χ3v) is 16.7. The number of carboxylic acids is 2. The van der Waals surface area contributed by atoms with Crippen molar-refractivity contribution in [2.75, 3.05) is 93.2 Å². The summed E-state index contributed by atoms with van der Waals surface area (Å²) in [6.07, 6.45) is -2.06.